The summed E-state index contributed by atoms with van der Waals surface area (Å²) in [4.78, 5) is 62.0. The summed E-state index contributed by atoms with van der Waals surface area (Å²) in [6.45, 7) is 0.750. The summed E-state index contributed by atoms with van der Waals surface area (Å²) in [6.07, 6.45) is 2.34. The molecule has 14 heteroatoms. The van der Waals surface area contributed by atoms with Crippen LogP contribution >= 0.6 is 0 Å². The molecule has 0 fully saturated rings. The predicted octanol–water partition coefficient (Wildman–Crippen LogP) is -1.68. The number of carboxylic acids is 1. The zero-order valence-corrected chi connectivity index (χ0v) is 22.6. The van der Waals surface area contributed by atoms with Gasteiger partial charge < -0.3 is 49.1 Å². The Kier molecular flexibility index (Phi) is 15.9. The van der Waals surface area contributed by atoms with Gasteiger partial charge >= 0.3 is 5.97 Å². The van der Waals surface area contributed by atoms with Crippen molar-refractivity contribution in [3.05, 3.63) is 29.8 Å². The van der Waals surface area contributed by atoms with Crippen LogP contribution in [0.4, 0.5) is 0 Å². The molecule has 0 saturated carbocycles. The van der Waals surface area contributed by atoms with Gasteiger partial charge in [-0.25, -0.2) is 4.79 Å². The normalized spacial score (nSPS) is 13.9. The lowest BCUT2D eigenvalue weighted by Gasteiger charge is -2.25. The summed E-state index contributed by atoms with van der Waals surface area (Å²) < 4.78 is 0. The van der Waals surface area contributed by atoms with Gasteiger partial charge in [-0.05, 0) is 75.7 Å². The Labute approximate surface area is 233 Å². The smallest absolute Gasteiger partial charge is 0.326 e. The lowest BCUT2D eigenvalue weighted by Crippen LogP contribution is -2.57. The van der Waals surface area contributed by atoms with Crippen LogP contribution < -0.4 is 38.9 Å². The number of hydrogen-bond acceptors (Lipinski definition) is 9. The third-order valence-electron chi connectivity index (χ3n) is 6.19. The number of nitrogens with two attached hydrogens (primary N) is 4. The zero-order chi connectivity index (χ0) is 30.1. The SMILES string of the molecule is NCCCC[C@H](NC(=O)[C@H](CCCCN)NC(=O)[C@H](Cc1ccc(O)cc1)NC(=O)[C@@H](N)CCC(N)=O)C(=O)O. The topological polar surface area (TPSA) is 266 Å². The molecule has 1 aromatic carbocycles. The number of hydrogen-bond donors (Lipinski definition) is 9. The second kappa shape index (κ2) is 18.5. The molecule has 4 atom stereocenters. The molecule has 0 unspecified atom stereocenters. The fraction of sp³-hybridized carbons (Fsp3) is 0.577. The quantitative estimate of drug-likeness (QED) is 0.0810. The molecule has 0 aliphatic carbocycles. The highest BCUT2D eigenvalue weighted by Gasteiger charge is 2.30. The van der Waals surface area contributed by atoms with Gasteiger partial charge in [0.25, 0.3) is 0 Å². The maximum absolute atomic E-state index is 13.4. The van der Waals surface area contributed by atoms with Gasteiger partial charge in [0.15, 0.2) is 0 Å². The molecule has 0 bridgehead atoms. The maximum Gasteiger partial charge on any atom is 0.326 e. The maximum atomic E-state index is 13.4. The minimum Gasteiger partial charge on any atom is -0.508 e. The highest BCUT2D eigenvalue weighted by molar-refractivity contribution is 5.94. The fourth-order valence-electron chi connectivity index (χ4n) is 3.84. The van der Waals surface area contributed by atoms with Gasteiger partial charge in [-0.3, -0.25) is 19.2 Å². The minimum atomic E-state index is -1.21. The van der Waals surface area contributed by atoms with Gasteiger partial charge in [0, 0.05) is 12.8 Å². The summed E-state index contributed by atoms with van der Waals surface area (Å²) in [6, 6.07) is 1.42. The first-order valence-electron chi connectivity index (χ1n) is 13.3. The van der Waals surface area contributed by atoms with E-state index in [1.165, 1.54) is 12.1 Å². The van der Waals surface area contributed by atoms with Crippen LogP contribution in [0.2, 0.25) is 0 Å². The van der Waals surface area contributed by atoms with E-state index < -0.39 is 53.8 Å². The Hall–Kier alpha value is -3.75. The fourth-order valence-corrected chi connectivity index (χ4v) is 3.84. The van der Waals surface area contributed by atoms with Crippen molar-refractivity contribution in [2.45, 2.75) is 82.0 Å². The van der Waals surface area contributed by atoms with Gasteiger partial charge in [-0.15, -0.1) is 0 Å². The van der Waals surface area contributed by atoms with E-state index in [0.717, 1.165) is 0 Å². The number of unbranched alkanes of at least 4 members (excludes halogenated alkanes) is 2. The van der Waals surface area contributed by atoms with Gasteiger partial charge in [-0.2, -0.15) is 0 Å². The van der Waals surface area contributed by atoms with Crippen molar-refractivity contribution >= 4 is 29.6 Å². The third kappa shape index (κ3) is 13.4. The molecule has 4 amide bonds. The van der Waals surface area contributed by atoms with Crippen LogP contribution in [0.5, 0.6) is 5.75 Å². The number of benzene rings is 1. The monoisotopic (exact) mass is 565 g/mol. The van der Waals surface area contributed by atoms with Crippen LogP contribution in [-0.2, 0) is 30.4 Å². The Bertz CT molecular complexity index is 975. The first-order valence-corrected chi connectivity index (χ1v) is 13.3. The van der Waals surface area contributed by atoms with Crippen LogP contribution in [0.1, 0.15) is 56.9 Å². The number of phenolic OH excluding ortho intramolecular Hbond substituents is 1. The Balaban J connectivity index is 3.11. The molecule has 14 nitrogen and oxygen atoms in total. The molecular weight excluding hydrogens is 522 g/mol. The molecule has 0 aromatic heterocycles. The molecule has 40 heavy (non-hydrogen) atoms. The highest BCUT2D eigenvalue weighted by atomic mass is 16.4. The summed E-state index contributed by atoms with van der Waals surface area (Å²) in [5, 5.41) is 26.8. The van der Waals surface area contributed by atoms with Crippen molar-refractivity contribution in [3.63, 3.8) is 0 Å². The van der Waals surface area contributed by atoms with Crippen LogP contribution in [0.15, 0.2) is 24.3 Å². The molecule has 0 spiro atoms. The second-order valence-electron chi connectivity index (χ2n) is 9.57. The van der Waals surface area contributed by atoms with Gasteiger partial charge in [0.2, 0.25) is 23.6 Å². The molecule has 0 aliphatic rings. The Morgan fingerprint density at radius 2 is 1.23 bits per heavy atom. The first kappa shape index (κ1) is 34.3. The van der Waals surface area contributed by atoms with Gasteiger partial charge in [-0.1, -0.05) is 12.1 Å². The molecule has 13 N–H and O–H groups in total. The number of aromatic hydroxyl groups is 1. The van der Waals surface area contributed by atoms with E-state index in [9.17, 15) is 34.2 Å². The summed E-state index contributed by atoms with van der Waals surface area (Å²) >= 11 is 0. The van der Waals surface area contributed by atoms with E-state index in [0.29, 0.717) is 44.3 Å². The number of carboxylic acid groups (broad SMARTS) is 1. The summed E-state index contributed by atoms with van der Waals surface area (Å²) in [5.41, 5.74) is 22.6. The minimum absolute atomic E-state index is 0.00558. The van der Waals surface area contributed by atoms with Crippen molar-refractivity contribution in [2.75, 3.05) is 13.1 Å². The van der Waals surface area contributed by atoms with Crippen LogP contribution in [-0.4, -0.2) is 77.1 Å². The van der Waals surface area contributed by atoms with Crippen LogP contribution in [0.3, 0.4) is 0 Å². The number of carbonyl (C=O) groups excluding carboxylic acids is 4. The Morgan fingerprint density at radius 1 is 0.725 bits per heavy atom. The molecule has 224 valence electrons. The molecule has 1 rings (SSSR count). The van der Waals surface area contributed by atoms with Crippen LogP contribution in [0.25, 0.3) is 0 Å². The summed E-state index contributed by atoms with van der Waals surface area (Å²) in [5.74, 6) is -3.91. The van der Waals surface area contributed by atoms with E-state index in [2.05, 4.69) is 16.0 Å². The lowest BCUT2D eigenvalue weighted by molar-refractivity contribution is -0.142. The molecule has 0 aliphatic heterocycles. The lowest BCUT2D eigenvalue weighted by atomic mass is 10.0. The number of primary amides is 1. The van der Waals surface area contributed by atoms with Crippen molar-refractivity contribution in [2.24, 2.45) is 22.9 Å². The number of carbonyl (C=O) groups is 5. The molecule has 0 saturated heterocycles. The van der Waals surface area contributed by atoms with Crippen molar-refractivity contribution in [3.8, 4) is 5.75 Å². The number of amides is 4. The molecule has 0 radical (unpaired) electrons. The van der Waals surface area contributed by atoms with E-state index >= 15 is 0 Å². The number of phenols is 1. The second-order valence-corrected chi connectivity index (χ2v) is 9.57. The van der Waals surface area contributed by atoms with Crippen LogP contribution in [0, 0.1) is 0 Å². The highest BCUT2D eigenvalue weighted by Crippen LogP contribution is 2.13. The molecular formula is C26H43N7O7. The standard InChI is InChI=1S/C26H43N7O7/c27-13-3-1-5-19(24(37)32-20(26(39)40)6-2-4-14-28)31-25(38)21(15-16-7-9-17(34)10-8-16)33-23(36)18(29)11-12-22(30)35/h7-10,18-21,34H,1-6,11-15,27-29H2,(H2,30,35)(H,31,38)(H,32,37)(H,33,36)(H,39,40)/t18-,19-,20-,21-/m0/s1. The van der Waals surface area contributed by atoms with E-state index in [-0.39, 0.29) is 37.9 Å². The average Bonchev–Trinajstić information content (AvgIpc) is 2.91. The predicted molar refractivity (Wildman–Crippen MR) is 147 cm³/mol. The zero-order valence-electron chi connectivity index (χ0n) is 22.6. The third-order valence-corrected chi connectivity index (χ3v) is 6.19. The first-order chi connectivity index (χ1) is 19.0. The average molecular weight is 566 g/mol. The van der Waals surface area contributed by atoms with Crippen molar-refractivity contribution in [1.29, 1.82) is 0 Å². The van der Waals surface area contributed by atoms with E-state index in [4.69, 9.17) is 22.9 Å². The number of aliphatic carboxylic acids is 1. The van der Waals surface area contributed by atoms with Gasteiger partial charge in [0.1, 0.15) is 23.9 Å². The van der Waals surface area contributed by atoms with E-state index in [1.807, 2.05) is 0 Å². The summed E-state index contributed by atoms with van der Waals surface area (Å²) in [7, 11) is 0. The van der Waals surface area contributed by atoms with Crippen molar-refractivity contribution < 1.29 is 34.2 Å². The number of nitrogens with one attached hydrogen (secondary N) is 3. The molecule has 0 heterocycles. The van der Waals surface area contributed by atoms with Gasteiger partial charge in [0.05, 0.1) is 6.04 Å². The van der Waals surface area contributed by atoms with Crippen molar-refractivity contribution in [1.82, 2.24) is 16.0 Å². The molecule has 1 aromatic rings. The number of rotatable bonds is 20. The van der Waals surface area contributed by atoms with E-state index in [1.54, 1.807) is 12.1 Å². The Morgan fingerprint density at radius 3 is 1.75 bits per heavy atom. The largest absolute Gasteiger partial charge is 0.508 e.